The lowest BCUT2D eigenvalue weighted by atomic mass is 10.1. The Morgan fingerprint density at radius 3 is 2.95 bits per heavy atom. The van der Waals surface area contributed by atoms with Crippen LogP contribution in [0.1, 0.15) is 10.4 Å². The average molecular weight is 311 g/mol. The summed E-state index contributed by atoms with van der Waals surface area (Å²) in [5.41, 5.74) is 1.63. The van der Waals surface area contributed by atoms with Crippen molar-refractivity contribution in [1.29, 1.82) is 0 Å². The van der Waals surface area contributed by atoms with E-state index in [9.17, 15) is 4.79 Å². The molecule has 0 N–H and O–H groups in total. The summed E-state index contributed by atoms with van der Waals surface area (Å²) in [7, 11) is 0. The largest absolute Gasteiger partial charge is 0.488 e. The number of hydrogen-bond acceptors (Lipinski definition) is 3. The predicted molar refractivity (Wildman–Crippen MR) is 89.8 cm³/mol. The molecule has 112 valence electrons. The highest BCUT2D eigenvalue weighted by atomic mass is 32.1. The van der Waals surface area contributed by atoms with Gasteiger partial charge < -0.3 is 9.64 Å². The maximum atomic E-state index is 12.8. The molecule has 1 aliphatic heterocycles. The van der Waals surface area contributed by atoms with E-state index in [1.165, 1.54) is 0 Å². The van der Waals surface area contributed by atoms with Gasteiger partial charge in [0.05, 0.1) is 12.1 Å². The van der Waals surface area contributed by atoms with Crippen LogP contribution in [-0.4, -0.2) is 24.0 Å². The van der Waals surface area contributed by atoms with Crippen LogP contribution in [0.3, 0.4) is 0 Å². The number of rotatable bonds is 5. The van der Waals surface area contributed by atoms with Crippen molar-refractivity contribution < 1.29 is 9.53 Å². The molecule has 3 rings (SSSR count). The average Bonchev–Trinajstić information content (AvgIpc) is 3.06. The Kier molecular flexibility index (Phi) is 4.39. The number of carbonyl (C=O) groups is 1. The first-order valence-corrected chi connectivity index (χ1v) is 8.01. The van der Waals surface area contributed by atoms with Gasteiger partial charge in [0.2, 0.25) is 0 Å². The molecule has 0 atom stereocenters. The zero-order valence-corrected chi connectivity index (χ0v) is 13.0. The number of para-hydroxylation sites is 1. The molecule has 1 aromatic heterocycles. The topological polar surface area (TPSA) is 29.5 Å². The van der Waals surface area contributed by atoms with Gasteiger partial charge in [-0.3, -0.25) is 4.79 Å². The second kappa shape index (κ2) is 6.62. The minimum absolute atomic E-state index is 0.00260. The summed E-state index contributed by atoms with van der Waals surface area (Å²) in [4.78, 5) is 15.7. The van der Waals surface area contributed by atoms with Crippen molar-refractivity contribution in [2.45, 2.75) is 6.54 Å². The zero-order valence-electron chi connectivity index (χ0n) is 12.2. The third-order valence-corrected chi connectivity index (χ3v) is 4.33. The fourth-order valence-corrected chi connectivity index (χ4v) is 3.13. The van der Waals surface area contributed by atoms with Crippen molar-refractivity contribution in [2.75, 3.05) is 13.2 Å². The minimum atomic E-state index is 0.00260. The molecule has 3 nitrogen and oxygen atoms in total. The van der Waals surface area contributed by atoms with Crippen LogP contribution in [0.25, 0.3) is 6.08 Å². The Balaban J connectivity index is 1.81. The Bertz CT molecular complexity index is 704. The van der Waals surface area contributed by atoms with Gasteiger partial charge in [-0.15, -0.1) is 17.9 Å². The maximum absolute atomic E-state index is 12.8. The molecule has 1 amide bonds. The fourth-order valence-electron chi connectivity index (χ4n) is 2.41. The smallest absolute Gasteiger partial charge is 0.253 e. The number of ether oxygens (including phenoxy) is 1. The second-order valence-corrected chi connectivity index (χ2v) is 6.08. The lowest BCUT2D eigenvalue weighted by Gasteiger charge is -2.24. The number of hydrogen-bond donors (Lipinski definition) is 0. The molecule has 1 aromatic carbocycles. The van der Waals surface area contributed by atoms with Crippen LogP contribution >= 0.6 is 11.3 Å². The molecule has 0 spiro atoms. The van der Waals surface area contributed by atoms with E-state index in [1.807, 2.05) is 47.9 Å². The van der Waals surface area contributed by atoms with E-state index < -0.39 is 0 Å². The normalized spacial score (nSPS) is 12.8. The Labute approximate surface area is 134 Å². The molecule has 0 saturated carbocycles. The van der Waals surface area contributed by atoms with Gasteiger partial charge in [0.25, 0.3) is 5.91 Å². The predicted octanol–water partition coefficient (Wildman–Crippen LogP) is 3.74. The quantitative estimate of drug-likeness (QED) is 0.787. The summed E-state index contributed by atoms with van der Waals surface area (Å²) < 4.78 is 5.68. The number of benzene rings is 1. The standard InChI is InChI=1S/C18H17NO2S/c1-2-9-19(12-16-7-5-10-22-16)18(20)15-11-14-6-3-4-8-17(14)21-13-15/h2-8,10-11H,1,9,12-13H2. The summed E-state index contributed by atoms with van der Waals surface area (Å²) in [5, 5.41) is 2.02. The first-order chi connectivity index (χ1) is 10.8. The van der Waals surface area contributed by atoms with E-state index >= 15 is 0 Å². The number of nitrogens with zero attached hydrogens (tertiary/aromatic N) is 1. The van der Waals surface area contributed by atoms with E-state index in [4.69, 9.17) is 4.74 Å². The molecule has 0 fully saturated rings. The van der Waals surface area contributed by atoms with E-state index in [0.29, 0.717) is 25.3 Å². The van der Waals surface area contributed by atoms with Gasteiger partial charge in [-0.05, 0) is 23.6 Å². The lowest BCUT2D eigenvalue weighted by Crippen LogP contribution is -2.33. The zero-order chi connectivity index (χ0) is 15.4. The van der Waals surface area contributed by atoms with Crippen LogP contribution in [0.2, 0.25) is 0 Å². The van der Waals surface area contributed by atoms with Crippen molar-refractivity contribution in [3.63, 3.8) is 0 Å². The highest BCUT2D eigenvalue weighted by Gasteiger charge is 2.22. The van der Waals surface area contributed by atoms with Gasteiger partial charge in [-0.25, -0.2) is 0 Å². The molecule has 0 unspecified atom stereocenters. The van der Waals surface area contributed by atoms with Gasteiger partial charge in [-0.1, -0.05) is 30.3 Å². The van der Waals surface area contributed by atoms with Crippen LogP contribution in [-0.2, 0) is 11.3 Å². The van der Waals surface area contributed by atoms with Crippen LogP contribution in [0, 0.1) is 0 Å². The number of carbonyl (C=O) groups excluding carboxylic acids is 1. The molecule has 0 aliphatic carbocycles. The molecule has 2 aromatic rings. The van der Waals surface area contributed by atoms with E-state index in [0.717, 1.165) is 16.2 Å². The van der Waals surface area contributed by atoms with E-state index in [1.54, 1.807) is 22.3 Å². The van der Waals surface area contributed by atoms with Gasteiger partial charge in [0.1, 0.15) is 12.4 Å². The third kappa shape index (κ3) is 3.12. The fraction of sp³-hybridized carbons (Fsp3) is 0.167. The highest BCUT2D eigenvalue weighted by Crippen LogP contribution is 2.26. The van der Waals surface area contributed by atoms with E-state index in [-0.39, 0.29) is 5.91 Å². The van der Waals surface area contributed by atoms with Crippen LogP contribution in [0.15, 0.2) is 60.0 Å². The summed E-state index contributed by atoms with van der Waals surface area (Å²) in [5.74, 6) is 0.829. The van der Waals surface area contributed by atoms with Crippen molar-refractivity contribution in [2.24, 2.45) is 0 Å². The van der Waals surface area contributed by atoms with Crippen LogP contribution < -0.4 is 4.74 Å². The molecular weight excluding hydrogens is 294 g/mol. The van der Waals surface area contributed by atoms with Gasteiger partial charge in [0, 0.05) is 17.0 Å². The SMILES string of the molecule is C=CCN(Cc1cccs1)C(=O)C1=Cc2ccccc2OC1. The molecule has 22 heavy (non-hydrogen) atoms. The summed E-state index contributed by atoms with van der Waals surface area (Å²) in [6, 6.07) is 11.8. The minimum Gasteiger partial charge on any atom is -0.488 e. The third-order valence-electron chi connectivity index (χ3n) is 3.47. The summed E-state index contributed by atoms with van der Waals surface area (Å²) in [6.07, 6.45) is 3.68. The molecular formula is C18H17NO2S. The first kappa shape index (κ1) is 14.6. The van der Waals surface area contributed by atoms with Crippen LogP contribution in [0.5, 0.6) is 5.75 Å². The van der Waals surface area contributed by atoms with Crippen LogP contribution in [0.4, 0.5) is 0 Å². The van der Waals surface area contributed by atoms with Gasteiger partial charge in [0.15, 0.2) is 0 Å². The molecule has 1 aliphatic rings. The molecule has 0 saturated heterocycles. The van der Waals surface area contributed by atoms with Gasteiger partial charge in [-0.2, -0.15) is 0 Å². The van der Waals surface area contributed by atoms with E-state index in [2.05, 4.69) is 6.58 Å². The summed E-state index contributed by atoms with van der Waals surface area (Å²) in [6.45, 7) is 5.19. The monoisotopic (exact) mass is 311 g/mol. The molecule has 2 heterocycles. The van der Waals surface area contributed by atoms with Crippen molar-refractivity contribution in [3.05, 3.63) is 70.4 Å². The number of amides is 1. The highest BCUT2D eigenvalue weighted by molar-refractivity contribution is 7.09. The Morgan fingerprint density at radius 2 is 2.18 bits per heavy atom. The Morgan fingerprint density at radius 1 is 1.32 bits per heavy atom. The first-order valence-electron chi connectivity index (χ1n) is 7.13. The lowest BCUT2D eigenvalue weighted by molar-refractivity contribution is -0.127. The van der Waals surface area contributed by atoms with Crippen molar-refractivity contribution in [3.8, 4) is 5.75 Å². The summed E-state index contributed by atoms with van der Waals surface area (Å²) >= 11 is 1.65. The number of thiophene rings is 1. The molecule has 0 radical (unpaired) electrons. The molecule has 0 bridgehead atoms. The number of fused-ring (bicyclic) bond motifs is 1. The molecule has 4 heteroatoms. The second-order valence-electron chi connectivity index (χ2n) is 5.05. The van der Waals surface area contributed by atoms with Gasteiger partial charge >= 0.3 is 0 Å². The Hall–Kier alpha value is -2.33. The van der Waals surface area contributed by atoms with Crippen molar-refractivity contribution in [1.82, 2.24) is 4.90 Å². The van der Waals surface area contributed by atoms with Crippen molar-refractivity contribution >= 4 is 23.3 Å². The maximum Gasteiger partial charge on any atom is 0.253 e.